The van der Waals surface area contributed by atoms with Crippen LogP contribution in [0.1, 0.15) is 31.1 Å². The number of benzene rings is 1. The molecule has 22 heavy (non-hydrogen) atoms. The van der Waals surface area contributed by atoms with Gasteiger partial charge in [0, 0.05) is 25.7 Å². The van der Waals surface area contributed by atoms with Crippen molar-refractivity contribution >= 4 is 15.9 Å². The largest absolute Gasteiger partial charge is 0.495 e. The zero-order chi connectivity index (χ0) is 17.1. The van der Waals surface area contributed by atoms with Gasteiger partial charge in [0.1, 0.15) is 10.6 Å². The molecule has 1 amide bonds. The molecule has 0 aliphatic heterocycles. The number of nitrogens with zero attached hydrogens (tertiary/aromatic N) is 1. The van der Waals surface area contributed by atoms with Gasteiger partial charge in [-0.25, -0.2) is 12.7 Å². The molecule has 0 fully saturated rings. The van der Waals surface area contributed by atoms with Gasteiger partial charge in [-0.2, -0.15) is 0 Å². The van der Waals surface area contributed by atoms with Crippen molar-refractivity contribution in [3.63, 3.8) is 0 Å². The van der Waals surface area contributed by atoms with Gasteiger partial charge >= 0.3 is 0 Å². The van der Waals surface area contributed by atoms with Crippen LogP contribution in [0.4, 0.5) is 0 Å². The normalized spacial score (nSPS) is 13.3. The van der Waals surface area contributed by atoms with Crippen LogP contribution in [-0.2, 0) is 10.0 Å². The highest BCUT2D eigenvalue weighted by Gasteiger charge is 2.24. The van der Waals surface area contributed by atoms with Gasteiger partial charge in [-0.15, -0.1) is 0 Å². The second-order valence-corrected chi connectivity index (χ2v) is 7.78. The van der Waals surface area contributed by atoms with Crippen LogP contribution in [0, 0.1) is 5.92 Å². The maximum Gasteiger partial charge on any atom is 0.251 e. The molecule has 7 heteroatoms. The first-order valence-electron chi connectivity index (χ1n) is 7.02. The summed E-state index contributed by atoms with van der Waals surface area (Å²) in [6.45, 7) is 5.91. The Balaban J connectivity index is 3.24. The van der Waals surface area contributed by atoms with E-state index in [4.69, 9.17) is 4.74 Å². The van der Waals surface area contributed by atoms with E-state index in [1.54, 1.807) is 6.07 Å². The van der Waals surface area contributed by atoms with Crippen molar-refractivity contribution in [3.05, 3.63) is 23.8 Å². The summed E-state index contributed by atoms with van der Waals surface area (Å²) in [5, 5.41) is 2.85. The molecule has 1 aromatic carbocycles. The van der Waals surface area contributed by atoms with E-state index in [0.29, 0.717) is 0 Å². The Labute approximate surface area is 132 Å². The molecule has 0 heterocycles. The van der Waals surface area contributed by atoms with Gasteiger partial charge in [-0.05, 0) is 31.0 Å². The number of rotatable bonds is 6. The fourth-order valence-electron chi connectivity index (χ4n) is 1.67. The molecule has 0 radical (unpaired) electrons. The fraction of sp³-hybridized carbons (Fsp3) is 0.533. The smallest absolute Gasteiger partial charge is 0.251 e. The lowest BCUT2D eigenvalue weighted by atomic mass is 10.1. The van der Waals surface area contributed by atoms with Gasteiger partial charge in [0.25, 0.3) is 5.91 Å². The van der Waals surface area contributed by atoms with E-state index in [-0.39, 0.29) is 34.1 Å². The van der Waals surface area contributed by atoms with E-state index in [1.165, 1.54) is 33.3 Å². The quantitative estimate of drug-likeness (QED) is 0.863. The van der Waals surface area contributed by atoms with E-state index < -0.39 is 10.0 Å². The lowest BCUT2D eigenvalue weighted by Gasteiger charge is -2.19. The molecule has 1 rings (SSSR count). The summed E-state index contributed by atoms with van der Waals surface area (Å²) < 4.78 is 30.8. The Morgan fingerprint density at radius 1 is 1.23 bits per heavy atom. The molecule has 0 spiro atoms. The van der Waals surface area contributed by atoms with Gasteiger partial charge in [-0.1, -0.05) is 13.8 Å². The zero-order valence-electron chi connectivity index (χ0n) is 13.9. The van der Waals surface area contributed by atoms with Crippen LogP contribution in [-0.4, -0.2) is 45.9 Å². The average molecular weight is 328 g/mol. The fourth-order valence-corrected chi connectivity index (χ4v) is 2.75. The Morgan fingerprint density at radius 2 is 1.82 bits per heavy atom. The first-order valence-corrected chi connectivity index (χ1v) is 8.46. The van der Waals surface area contributed by atoms with Crippen LogP contribution < -0.4 is 10.1 Å². The summed E-state index contributed by atoms with van der Waals surface area (Å²) >= 11 is 0. The Bertz CT molecular complexity index is 639. The predicted octanol–water partition coefficient (Wildman–Crippen LogP) is 1.72. The lowest BCUT2D eigenvalue weighted by Crippen LogP contribution is -2.36. The molecule has 1 unspecified atom stereocenters. The Hall–Kier alpha value is -1.60. The molecular formula is C15H24N2O4S. The van der Waals surface area contributed by atoms with Gasteiger partial charge in [0.05, 0.1) is 7.11 Å². The van der Waals surface area contributed by atoms with Crippen LogP contribution in [0.5, 0.6) is 5.75 Å². The van der Waals surface area contributed by atoms with Crippen molar-refractivity contribution in [2.45, 2.75) is 31.7 Å². The molecule has 0 saturated heterocycles. The van der Waals surface area contributed by atoms with Crippen LogP contribution in [0.2, 0.25) is 0 Å². The minimum absolute atomic E-state index is 0.0106. The SMILES string of the molecule is COc1ccc(C(=O)NC(C)C(C)C)cc1S(=O)(=O)N(C)C. The second-order valence-electron chi connectivity index (χ2n) is 5.66. The molecular weight excluding hydrogens is 304 g/mol. The lowest BCUT2D eigenvalue weighted by molar-refractivity contribution is 0.0930. The van der Waals surface area contributed by atoms with Crippen LogP contribution in [0.15, 0.2) is 23.1 Å². The van der Waals surface area contributed by atoms with Gasteiger partial charge in [0.15, 0.2) is 0 Å². The summed E-state index contributed by atoms with van der Waals surface area (Å²) in [5.74, 6) is 0.188. The summed E-state index contributed by atoms with van der Waals surface area (Å²) in [7, 11) is 0.567. The molecule has 0 aliphatic carbocycles. The molecule has 6 nitrogen and oxygen atoms in total. The summed E-state index contributed by atoms with van der Waals surface area (Å²) in [5.41, 5.74) is 0.286. The third kappa shape index (κ3) is 3.98. The van der Waals surface area contributed by atoms with Crippen molar-refractivity contribution in [2.24, 2.45) is 5.92 Å². The molecule has 1 N–H and O–H groups in total. The first-order chi connectivity index (χ1) is 10.1. The monoisotopic (exact) mass is 328 g/mol. The standard InChI is InChI=1S/C15H24N2O4S/c1-10(2)11(3)16-15(18)12-7-8-13(21-6)14(9-12)22(19,20)17(4)5/h7-11H,1-6H3,(H,16,18). The van der Waals surface area contributed by atoms with Crippen molar-refractivity contribution in [2.75, 3.05) is 21.2 Å². The minimum Gasteiger partial charge on any atom is -0.495 e. The van der Waals surface area contributed by atoms with Crippen molar-refractivity contribution in [1.82, 2.24) is 9.62 Å². The molecule has 1 atom stereocenters. The number of sulfonamides is 1. The predicted molar refractivity (Wildman–Crippen MR) is 85.6 cm³/mol. The first kappa shape index (κ1) is 18.4. The number of carbonyl (C=O) groups is 1. The molecule has 0 aliphatic rings. The highest BCUT2D eigenvalue weighted by molar-refractivity contribution is 7.89. The van der Waals surface area contributed by atoms with Gasteiger partial charge in [0.2, 0.25) is 10.0 Å². The number of carbonyl (C=O) groups excluding carboxylic acids is 1. The highest BCUT2D eigenvalue weighted by Crippen LogP contribution is 2.27. The van der Waals surface area contributed by atoms with E-state index in [1.807, 2.05) is 20.8 Å². The van der Waals surface area contributed by atoms with Gasteiger partial charge < -0.3 is 10.1 Å². The molecule has 0 aromatic heterocycles. The molecule has 124 valence electrons. The summed E-state index contributed by atoms with van der Waals surface area (Å²) in [4.78, 5) is 12.2. The summed E-state index contributed by atoms with van der Waals surface area (Å²) in [6, 6.07) is 4.38. The third-order valence-electron chi connectivity index (χ3n) is 3.54. The van der Waals surface area contributed by atoms with Crippen LogP contribution in [0.25, 0.3) is 0 Å². The van der Waals surface area contributed by atoms with Crippen molar-refractivity contribution < 1.29 is 17.9 Å². The van der Waals surface area contributed by atoms with E-state index in [0.717, 1.165) is 4.31 Å². The van der Waals surface area contributed by atoms with E-state index in [9.17, 15) is 13.2 Å². The molecule has 1 aromatic rings. The van der Waals surface area contributed by atoms with Gasteiger partial charge in [-0.3, -0.25) is 4.79 Å². The highest BCUT2D eigenvalue weighted by atomic mass is 32.2. The summed E-state index contributed by atoms with van der Waals surface area (Å²) in [6.07, 6.45) is 0. The number of nitrogens with one attached hydrogen (secondary N) is 1. The van der Waals surface area contributed by atoms with Crippen LogP contribution in [0.3, 0.4) is 0 Å². The minimum atomic E-state index is -3.69. The molecule has 0 saturated carbocycles. The molecule has 0 bridgehead atoms. The average Bonchev–Trinajstić information content (AvgIpc) is 2.45. The number of hydrogen-bond donors (Lipinski definition) is 1. The van der Waals surface area contributed by atoms with E-state index in [2.05, 4.69) is 5.32 Å². The third-order valence-corrected chi connectivity index (χ3v) is 5.38. The number of ether oxygens (including phenoxy) is 1. The Kier molecular flexibility index (Phi) is 5.96. The van der Waals surface area contributed by atoms with Crippen molar-refractivity contribution in [3.8, 4) is 5.75 Å². The number of methoxy groups -OCH3 is 1. The van der Waals surface area contributed by atoms with Crippen LogP contribution >= 0.6 is 0 Å². The van der Waals surface area contributed by atoms with Crippen molar-refractivity contribution in [1.29, 1.82) is 0 Å². The topological polar surface area (TPSA) is 75.7 Å². The maximum absolute atomic E-state index is 12.3. The zero-order valence-corrected chi connectivity index (χ0v) is 14.7. The Morgan fingerprint density at radius 3 is 2.27 bits per heavy atom. The van der Waals surface area contributed by atoms with E-state index >= 15 is 0 Å². The maximum atomic E-state index is 12.3. The number of hydrogen-bond acceptors (Lipinski definition) is 4. The second kappa shape index (κ2) is 7.11. The number of amides is 1.